The van der Waals surface area contributed by atoms with Crippen LogP contribution in [-0.2, 0) is 11.2 Å². The fraction of sp³-hybridized carbons (Fsp3) is 0.700. The van der Waals surface area contributed by atoms with Crippen molar-refractivity contribution in [3.05, 3.63) is 35.8 Å². The maximum absolute atomic E-state index is 11.0. The van der Waals surface area contributed by atoms with Gasteiger partial charge in [-0.15, -0.1) is 0 Å². The summed E-state index contributed by atoms with van der Waals surface area (Å²) in [5.41, 5.74) is 1.80. The highest BCUT2D eigenvalue weighted by atomic mass is 16.6. The number of rotatable bonds is 3. The number of ether oxygens (including phenoxy) is 1. The van der Waals surface area contributed by atoms with Crippen molar-refractivity contribution in [2.75, 3.05) is 6.61 Å². The van der Waals surface area contributed by atoms with E-state index < -0.39 is 17.8 Å². The third kappa shape index (κ3) is 2.09. The summed E-state index contributed by atoms with van der Waals surface area (Å²) in [7, 11) is 0. The zero-order chi connectivity index (χ0) is 16.9. The summed E-state index contributed by atoms with van der Waals surface area (Å²) in [5.74, 6) is 0.648. The number of aryl methyl sites for hydroxylation is 1. The van der Waals surface area contributed by atoms with Crippen LogP contribution in [0.15, 0.2) is 34.7 Å². The van der Waals surface area contributed by atoms with E-state index in [1.807, 2.05) is 12.3 Å². The van der Waals surface area contributed by atoms with Crippen molar-refractivity contribution in [1.29, 1.82) is 0 Å². The number of furan rings is 1. The lowest BCUT2D eigenvalue weighted by Crippen LogP contribution is -2.61. The molecule has 24 heavy (non-hydrogen) atoms. The van der Waals surface area contributed by atoms with Gasteiger partial charge < -0.3 is 19.4 Å². The second kappa shape index (κ2) is 5.72. The molecule has 1 saturated heterocycles. The van der Waals surface area contributed by atoms with Crippen LogP contribution in [0.5, 0.6) is 0 Å². The molecule has 2 N–H and O–H groups in total. The zero-order valence-electron chi connectivity index (χ0n) is 14.6. The Bertz CT molecular complexity index is 622. The van der Waals surface area contributed by atoms with E-state index in [2.05, 4.69) is 19.9 Å². The average molecular weight is 332 g/mol. The van der Waals surface area contributed by atoms with Crippen molar-refractivity contribution in [3.63, 3.8) is 0 Å². The molecule has 1 saturated carbocycles. The van der Waals surface area contributed by atoms with E-state index in [-0.39, 0.29) is 11.3 Å². The van der Waals surface area contributed by atoms with E-state index in [1.165, 1.54) is 5.56 Å². The van der Waals surface area contributed by atoms with Gasteiger partial charge in [0.25, 0.3) is 0 Å². The highest BCUT2D eigenvalue weighted by Gasteiger charge is 2.65. The first-order valence-corrected chi connectivity index (χ1v) is 9.18. The molecule has 2 aliphatic carbocycles. The number of aliphatic hydroxyl groups is 2. The Morgan fingerprint density at radius 2 is 2.17 bits per heavy atom. The average Bonchev–Trinajstić information content (AvgIpc) is 3.20. The minimum atomic E-state index is -0.884. The quantitative estimate of drug-likeness (QED) is 0.834. The molecule has 4 nitrogen and oxygen atoms in total. The standard InChI is InChI=1S/C20H28O4/c1-13-10-17(21)20-15(12-24-18(20)22)4-3-5-16(20)19(13,2)8-6-14-7-9-23-11-14/h4,7,9,11,13,16-18,21-22H,3,5-6,8,10,12H2,1-2H3/t13-,16+,17+,18?,19-,20-/m0/s1. The Morgan fingerprint density at radius 1 is 1.33 bits per heavy atom. The van der Waals surface area contributed by atoms with Crippen LogP contribution in [0.1, 0.15) is 45.1 Å². The van der Waals surface area contributed by atoms with Crippen molar-refractivity contribution >= 4 is 0 Å². The fourth-order valence-corrected chi connectivity index (χ4v) is 5.78. The van der Waals surface area contributed by atoms with Crippen LogP contribution in [0, 0.1) is 22.7 Å². The summed E-state index contributed by atoms with van der Waals surface area (Å²) in [4.78, 5) is 0. The first-order chi connectivity index (χ1) is 11.5. The van der Waals surface area contributed by atoms with Crippen LogP contribution >= 0.6 is 0 Å². The number of hydrogen-bond acceptors (Lipinski definition) is 4. The molecule has 4 rings (SSSR count). The van der Waals surface area contributed by atoms with Gasteiger partial charge in [-0.1, -0.05) is 19.9 Å². The molecule has 2 fully saturated rings. The van der Waals surface area contributed by atoms with Gasteiger partial charge in [0.1, 0.15) is 0 Å². The molecule has 0 bridgehead atoms. The Kier molecular flexibility index (Phi) is 3.90. The molecule has 2 heterocycles. The molecule has 4 heteroatoms. The predicted octanol–water partition coefficient (Wildman–Crippen LogP) is 3.29. The number of hydrogen-bond donors (Lipinski definition) is 2. The summed E-state index contributed by atoms with van der Waals surface area (Å²) in [6.45, 7) is 5.07. The first kappa shape index (κ1) is 16.4. The van der Waals surface area contributed by atoms with E-state index in [9.17, 15) is 10.2 Å². The van der Waals surface area contributed by atoms with Crippen LogP contribution in [-0.4, -0.2) is 29.2 Å². The first-order valence-electron chi connectivity index (χ1n) is 9.18. The van der Waals surface area contributed by atoms with Crippen LogP contribution < -0.4 is 0 Å². The highest BCUT2D eigenvalue weighted by molar-refractivity contribution is 5.30. The van der Waals surface area contributed by atoms with Gasteiger partial charge in [-0.2, -0.15) is 0 Å². The molecule has 0 aromatic carbocycles. The molecule has 1 aliphatic heterocycles. The van der Waals surface area contributed by atoms with Gasteiger partial charge in [-0.25, -0.2) is 0 Å². The molecule has 1 unspecified atom stereocenters. The smallest absolute Gasteiger partial charge is 0.167 e. The van der Waals surface area contributed by atoms with Crippen molar-refractivity contribution in [3.8, 4) is 0 Å². The molecule has 3 aliphatic rings. The van der Waals surface area contributed by atoms with Gasteiger partial charge >= 0.3 is 0 Å². The van der Waals surface area contributed by atoms with Crippen LogP contribution in [0.4, 0.5) is 0 Å². The van der Waals surface area contributed by atoms with E-state index >= 15 is 0 Å². The Hall–Kier alpha value is -1.10. The van der Waals surface area contributed by atoms with Gasteiger partial charge in [-0.05, 0) is 66.6 Å². The zero-order valence-corrected chi connectivity index (χ0v) is 14.6. The molecule has 132 valence electrons. The molecule has 0 radical (unpaired) electrons. The summed E-state index contributed by atoms with van der Waals surface area (Å²) in [6.07, 6.45) is 9.07. The second-order valence-electron chi connectivity index (χ2n) is 8.25. The Morgan fingerprint density at radius 3 is 2.92 bits per heavy atom. The molecule has 1 spiro atoms. The molecule has 1 aromatic heterocycles. The largest absolute Gasteiger partial charge is 0.472 e. The lowest BCUT2D eigenvalue weighted by atomic mass is 9.45. The van der Waals surface area contributed by atoms with Gasteiger partial charge in [0, 0.05) is 0 Å². The third-order valence-corrected chi connectivity index (χ3v) is 7.37. The minimum Gasteiger partial charge on any atom is -0.472 e. The van der Waals surface area contributed by atoms with Gasteiger partial charge in [0.05, 0.1) is 30.7 Å². The van der Waals surface area contributed by atoms with Gasteiger partial charge in [0.15, 0.2) is 6.29 Å². The summed E-state index contributed by atoms with van der Waals surface area (Å²) < 4.78 is 10.8. The van der Waals surface area contributed by atoms with E-state index in [0.29, 0.717) is 12.5 Å². The molecular weight excluding hydrogens is 304 g/mol. The van der Waals surface area contributed by atoms with Crippen molar-refractivity contribution in [2.24, 2.45) is 22.7 Å². The summed E-state index contributed by atoms with van der Waals surface area (Å²) >= 11 is 0. The molecule has 6 atom stereocenters. The van der Waals surface area contributed by atoms with E-state index in [0.717, 1.165) is 37.7 Å². The second-order valence-corrected chi connectivity index (χ2v) is 8.25. The van der Waals surface area contributed by atoms with E-state index in [4.69, 9.17) is 9.15 Å². The minimum absolute atomic E-state index is 0.0602. The SMILES string of the molecule is C[C@H]1C[C@@H](O)[C@]23C(=CCC[C@@H]2[C@@]1(C)CCc1ccoc1)COC3O. The highest BCUT2D eigenvalue weighted by Crippen LogP contribution is 2.65. The van der Waals surface area contributed by atoms with Gasteiger partial charge in [0.2, 0.25) is 0 Å². The lowest BCUT2D eigenvalue weighted by molar-refractivity contribution is -0.220. The van der Waals surface area contributed by atoms with Gasteiger partial charge in [-0.3, -0.25) is 0 Å². The maximum atomic E-state index is 11.0. The lowest BCUT2D eigenvalue weighted by Gasteiger charge is -2.60. The van der Waals surface area contributed by atoms with Crippen LogP contribution in [0.25, 0.3) is 0 Å². The maximum Gasteiger partial charge on any atom is 0.167 e. The molecule has 0 amide bonds. The van der Waals surface area contributed by atoms with Crippen molar-refractivity contribution < 1.29 is 19.4 Å². The Balaban J connectivity index is 1.70. The third-order valence-electron chi connectivity index (χ3n) is 7.37. The predicted molar refractivity (Wildman–Crippen MR) is 90.1 cm³/mol. The van der Waals surface area contributed by atoms with Crippen molar-refractivity contribution in [2.45, 2.75) is 58.3 Å². The van der Waals surface area contributed by atoms with E-state index in [1.54, 1.807) is 6.26 Å². The van der Waals surface area contributed by atoms with Crippen molar-refractivity contribution in [1.82, 2.24) is 0 Å². The normalized spacial score (nSPS) is 44.8. The molecular formula is C20H28O4. The topological polar surface area (TPSA) is 62.8 Å². The number of allylic oxidation sites excluding steroid dienone is 1. The monoisotopic (exact) mass is 332 g/mol. The fourth-order valence-electron chi connectivity index (χ4n) is 5.78. The number of aliphatic hydroxyl groups excluding tert-OH is 2. The molecule has 1 aromatic rings. The summed E-state index contributed by atoms with van der Waals surface area (Å²) in [6, 6.07) is 2.03. The Labute approximate surface area is 143 Å². The van der Waals surface area contributed by atoms with Crippen LogP contribution in [0.3, 0.4) is 0 Å². The van der Waals surface area contributed by atoms with Crippen LogP contribution in [0.2, 0.25) is 0 Å². The summed E-state index contributed by atoms with van der Waals surface area (Å²) in [5, 5.41) is 21.7.